The van der Waals surface area contributed by atoms with Crippen LogP contribution in [0.3, 0.4) is 0 Å². The molecule has 0 saturated carbocycles. The zero-order valence-electron chi connectivity index (χ0n) is 12.7. The van der Waals surface area contributed by atoms with Gasteiger partial charge < -0.3 is 15.0 Å². The molecule has 0 aliphatic rings. The number of rotatable bonds is 5. The van der Waals surface area contributed by atoms with Gasteiger partial charge >= 0.3 is 0 Å². The van der Waals surface area contributed by atoms with Crippen molar-refractivity contribution in [2.24, 2.45) is 0 Å². The molecule has 23 heavy (non-hydrogen) atoms. The third-order valence-corrected chi connectivity index (χ3v) is 3.69. The Balaban J connectivity index is 1.73. The molecule has 0 aliphatic carbocycles. The fraction of sp³-hybridized carbons (Fsp3) is 0.167. The molecule has 0 saturated heterocycles. The first-order chi connectivity index (χ1) is 11.2. The summed E-state index contributed by atoms with van der Waals surface area (Å²) in [6.07, 6.45) is 0. The van der Waals surface area contributed by atoms with E-state index in [2.05, 4.69) is 10.3 Å². The van der Waals surface area contributed by atoms with E-state index in [9.17, 15) is 9.18 Å². The summed E-state index contributed by atoms with van der Waals surface area (Å²) < 4.78 is 18.4. The Morgan fingerprint density at radius 2 is 1.96 bits per heavy atom. The van der Waals surface area contributed by atoms with E-state index in [1.807, 2.05) is 24.3 Å². The number of fused-ring (bicyclic) bond motifs is 1. The number of halogens is 1. The first-order valence-electron chi connectivity index (χ1n) is 7.29. The third kappa shape index (κ3) is 3.40. The molecule has 118 valence electrons. The van der Waals surface area contributed by atoms with Gasteiger partial charge in [0, 0.05) is 24.6 Å². The smallest absolute Gasteiger partial charge is 0.267 e. The summed E-state index contributed by atoms with van der Waals surface area (Å²) in [5, 5.41) is 3.55. The maximum atomic E-state index is 13.2. The van der Waals surface area contributed by atoms with E-state index in [1.54, 1.807) is 19.2 Å². The van der Waals surface area contributed by atoms with Crippen LogP contribution in [0.4, 0.5) is 4.39 Å². The van der Waals surface area contributed by atoms with Gasteiger partial charge in [-0.1, -0.05) is 24.3 Å². The molecule has 0 unspecified atom stereocenters. The van der Waals surface area contributed by atoms with Crippen LogP contribution in [0.5, 0.6) is 0 Å². The minimum absolute atomic E-state index is 0.228. The first kappa shape index (κ1) is 15.2. The molecule has 2 aromatic carbocycles. The summed E-state index contributed by atoms with van der Waals surface area (Å²) in [7, 11) is 1.64. The van der Waals surface area contributed by atoms with Gasteiger partial charge in [-0.15, -0.1) is 0 Å². The second-order valence-electron chi connectivity index (χ2n) is 5.30. The molecule has 0 bridgehead atoms. The molecule has 0 spiro atoms. The van der Waals surface area contributed by atoms with E-state index in [4.69, 9.17) is 4.74 Å². The van der Waals surface area contributed by atoms with Crippen molar-refractivity contribution in [2.75, 3.05) is 7.11 Å². The molecule has 2 N–H and O–H groups in total. The standard InChI is InChI=1S/C18H17FN2O2/c1-23-11-13-5-3-2-4-12(13)10-20-18(22)17-9-14-8-15(19)6-7-16(14)21-17/h2-9,21H,10-11H2,1H3,(H,20,22). The van der Waals surface area contributed by atoms with Gasteiger partial charge in [-0.3, -0.25) is 4.79 Å². The number of H-pyrrole nitrogens is 1. The van der Waals surface area contributed by atoms with Crippen LogP contribution in [0.1, 0.15) is 21.6 Å². The highest BCUT2D eigenvalue weighted by Crippen LogP contribution is 2.17. The lowest BCUT2D eigenvalue weighted by Gasteiger charge is -2.09. The van der Waals surface area contributed by atoms with E-state index in [-0.39, 0.29) is 11.7 Å². The van der Waals surface area contributed by atoms with Crippen molar-refractivity contribution in [3.63, 3.8) is 0 Å². The van der Waals surface area contributed by atoms with E-state index < -0.39 is 0 Å². The van der Waals surface area contributed by atoms with Gasteiger partial charge in [-0.2, -0.15) is 0 Å². The van der Waals surface area contributed by atoms with Gasteiger partial charge in [0.05, 0.1) is 6.61 Å². The largest absolute Gasteiger partial charge is 0.380 e. The van der Waals surface area contributed by atoms with Crippen LogP contribution in [-0.4, -0.2) is 18.0 Å². The van der Waals surface area contributed by atoms with E-state index in [1.165, 1.54) is 12.1 Å². The predicted molar refractivity (Wildman–Crippen MR) is 86.6 cm³/mol. The summed E-state index contributed by atoms with van der Waals surface area (Å²) in [4.78, 5) is 15.3. The van der Waals surface area contributed by atoms with Gasteiger partial charge in [0.1, 0.15) is 11.5 Å². The predicted octanol–water partition coefficient (Wildman–Crippen LogP) is 3.38. The maximum Gasteiger partial charge on any atom is 0.267 e. The molecule has 3 rings (SSSR count). The number of carbonyl (C=O) groups is 1. The van der Waals surface area contributed by atoms with Crippen molar-refractivity contribution >= 4 is 16.8 Å². The number of nitrogens with one attached hydrogen (secondary N) is 2. The first-order valence-corrected chi connectivity index (χ1v) is 7.29. The summed E-state index contributed by atoms with van der Waals surface area (Å²) in [6, 6.07) is 13.8. The normalized spacial score (nSPS) is 10.9. The summed E-state index contributed by atoms with van der Waals surface area (Å²) in [5.41, 5.74) is 3.19. The highest BCUT2D eigenvalue weighted by molar-refractivity contribution is 5.97. The number of aromatic nitrogens is 1. The van der Waals surface area contributed by atoms with Crippen LogP contribution in [0.25, 0.3) is 10.9 Å². The Kier molecular flexibility index (Phi) is 4.39. The van der Waals surface area contributed by atoms with Crippen LogP contribution >= 0.6 is 0 Å². The topological polar surface area (TPSA) is 54.1 Å². The lowest BCUT2D eigenvalue weighted by atomic mass is 10.1. The molecule has 5 heteroatoms. The third-order valence-electron chi connectivity index (χ3n) is 3.69. The molecule has 3 aromatic rings. The Morgan fingerprint density at radius 1 is 1.17 bits per heavy atom. The zero-order valence-corrected chi connectivity index (χ0v) is 12.7. The number of benzene rings is 2. The van der Waals surface area contributed by atoms with Gasteiger partial charge in [-0.05, 0) is 35.4 Å². The van der Waals surface area contributed by atoms with Crippen LogP contribution < -0.4 is 5.32 Å². The van der Waals surface area contributed by atoms with Gasteiger partial charge in [0.15, 0.2) is 0 Å². The number of aromatic amines is 1. The monoisotopic (exact) mass is 312 g/mol. The Labute approximate surface area is 133 Å². The number of methoxy groups -OCH3 is 1. The van der Waals surface area contributed by atoms with Crippen LogP contribution in [0.15, 0.2) is 48.5 Å². The second-order valence-corrected chi connectivity index (χ2v) is 5.30. The summed E-state index contributed by atoms with van der Waals surface area (Å²) in [6.45, 7) is 0.903. The zero-order chi connectivity index (χ0) is 16.2. The molecule has 1 amide bonds. The number of ether oxygens (including phenoxy) is 1. The number of amides is 1. The molecule has 0 fully saturated rings. The summed E-state index contributed by atoms with van der Waals surface area (Å²) in [5.74, 6) is -0.550. The van der Waals surface area contributed by atoms with Crippen molar-refractivity contribution in [3.05, 3.63) is 71.2 Å². The van der Waals surface area contributed by atoms with Crippen molar-refractivity contribution in [1.82, 2.24) is 10.3 Å². The van der Waals surface area contributed by atoms with Crippen molar-refractivity contribution < 1.29 is 13.9 Å². The van der Waals surface area contributed by atoms with E-state index >= 15 is 0 Å². The average Bonchev–Trinajstić information content (AvgIpc) is 2.97. The molecule has 4 nitrogen and oxygen atoms in total. The molecule has 1 aromatic heterocycles. The Hall–Kier alpha value is -2.66. The van der Waals surface area contributed by atoms with Gasteiger partial charge in [-0.25, -0.2) is 4.39 Å². The van der Waals surface area contributed by atoms with Crippen LogP contribution in [-0.2, 0) is 17.9 Å². The lowest BCUT2D eigenvalue weighted by molar-refractivity contribution is 0.0946. The fourth-order valence-electron chi connectivity index (χ4n) is 2.52. The van der Waals surface area contributed by atoms with Crippen LogP contribution in [0, 0.1) is 5.82 Å². The SMILES string of the molecule is COCc1ccccc1CNC(=O)c1cc2cc(F)ccc2[nH]1. The summed E-state index contributed by atoms with van der Waals surface area (Å²) >= 11 is 0. The number of hydrogen-bond acceptors (Lipinski definition) is 2. The Bertz CT molecular complexity index is 842. The average molecular weight is 312 g/mol. The number of carbonyl (C=O) groups excluding carboxylic acids is 1. The van der Waals surface area contributed by atoms with Crippen LogP contribution in [0.2, 0.25) is 0 Å². The highest BCUT2D eigenvalue weighted by atomic mass is 19.1. The molecule has 1 heterocycles. The fourth-order valence-corrected chi connectivity index (χ4v) is 2.52. The Morgan fingerprint density at radius 3 is 2.74 bits per heavy atom. The molecular weight excluding hydrogens is 295 g/mol. The van der Waals surface area contributed by atoms with Crippen molar-refractivity contribution in [3.8, 4) is 0 Å². The van der Waals surface area contributed by atoms with E-state index in [0.29, 0.717) is 24.2 Å². The van der Waals surface area contributed by atoms with Crippen molar-refractivity contribution in [1.29, 1.82) is 0 Å². The maximum absolute atomic E-state index is 13.2. The van der Waals surface area contributed by atoms with E-state index in [0.717, 1.165) is 16.6 Å². The van der Waals surface area contributed by atoms with Crippen molar-refractivity contribution in [2.45, 2.75) is 13.2 Å². The molecule has 0 atom stereocenters. The molecular formula is C18H17FN2O2. The van der Waals surface area contributed by atoms with Gasteiger partial charge in [0.2, 0.25) is 0 Å². The molecule has 0 radical (unpaired) electrons. The highest BCUT2D eigenvalue weighted by Gasteiger charge is 2.10. The lowest BCUT2D eigenvalue weighted by Crippen LogP contribution is -2.23. The second kappa shape index (κ2) is 6.62. The quantitative estimate of drug-likeness (QED) is 0.759. The minimum Gasteiger partial charge on any atom is -0.380 e. The molecule has 0 aliphatic heterocycles. The minimum atomic E-state index is -0.322. The number of hydrogen-bond donors (Lipinski definition) is 2. The van der Waals surface area contributed by atoms with Gasteiger partial charge in [0.25, 0.3) is 5.91 Å².